The zero-order valence-electron chi connectivity index (χ0n) is 13.0. The molecule has 2 aromatic carbocycles. The molecule has 4 nitrogen and oxygen atoms in total. The third kappa shape index (κ3) is 3.81. The van der Waals surface area contributed by atoms with Crippen LogP contribution in [0.5, 0.6) is 5.75 Å². The van der Waals surface area contributed by atoms with Crippen molar-refractivity contribution in [3.63, 3.8) is 0 Å². The van der Waals surface area contributed by atoms with Gasteiger partial charge < -0.3 is 15.0 Å². The summed E-state index contributed by atoms with van der Waals surface area (Å²) in [5.41, 5.74) is 7.75. The molecule has 0 radical (unpaired) electrons. The number of hydrogen-bond donors (Lipinski definition) is 1. The van der Waals surface area contributed by atoms with Crippen LogP contribution in [0.25, 0.3) is 0 Å². The first-order chi connectivity index (χ1) is 11.6. The molecule has 0 aliphatic heterocycles. The van der Waals surface area contributed by atoms with Crippen molar-refractivity contribution >= 4 is 5.69 Å². The van der Waals surface area contributed by atoms with E-state index in [1.807, 2.05) is 12.1 Å². The third-order valence-corrected chi connectivity index (χ3v) is 3.60. The SMILES string of the molecule is Nc1ccc(Cn2cccc(OCc3cccc(F)c3)c2=O)cc1. The van der Waals surface area contributed by atoms with Gasteiger partial charge in [0, 0.05) is 11.9 Å². The standard InChI is InChI=1S/C19H17FN2O2/c20-16-4-1-3-15(11-16)13-24-18-5-2-10-22(19(18)23)12-14-6-8-17(21)9-7-14/h1-11H,12-13,21H2. The van der Waals surface area contributed by atoms with Crippen LogP contribution in [0.3, 0.4) is 0 Å². The Hall–Kier alpha value is -3.08. The molecule has 0 aliphatic carbocycles. The van der Waals surface area contributed by atoms with Crippen LogP contribution in [0.15, 0.2) is 71.7 Å². The summed E-state index contributed by atoms with van der Waals surface area (Å²) in [7, 11) is 0. The topological polar surface area (TPSA) is 57.2 Å². The van der Waals surface area contributed by atoms with Crippen LogP contribution >= 0.6 is 0 Å². The second-order valence-corrected chi connectivity index (χ2v) is 5.47. The van der Waals surface area contributed by atoms with Crippen molar-refractivity contribution in [3.8, 4) is 5.75 Å². The molecule has 0 saturated carbocycles. The molecule has 5 heteroatoms. The Morgan fingerprint density at radius 3 is 2.54 bits per heavy atom. The molecule has 3 rings (SSSR count). The van der Waals surface area contributed by atoms with Crippen LogP contribution in [0.1, 0.15) is 11.1 Å². The summed E-state index contributed by atoms with van der Waals surface area (Å²) in [6.45, 7) is 0.565. The van der Waals surface area contributed by atoms with Crippen molar-refractivity contribution in [3.05, 3.63) is 94.2 Å². The second-order valence-electron chi connectivity index (χ2n) is 5.47. The first kappa shape index (κ1) is 15.8. The molecule has 0 bridgehead atoms. The number of pyridine rings is 1. The Bertz CT molecular complexity index is 888. The molecule has 122 valence electrons. The molecule has 1 aromatic heterocycles. The maximum Gasteiger partial charge on any atom is 0.293 e. The molecule has 0 fully saturated rings. The normalized spacial score (nSPS) is 10.5. The highest BCUT2D eigenvalue weighted by molar-refractivity contribution is 5.39. The van der Waals surface area contributed by atoms with Gasteiger partial charge in [0.1, 0.15) is 12.4 Å². The third-order valence-electron chi connectivity index (χ3n) is 3.60. The number of halogens is 1. The van der Waals surface area contributed by atoms with Crippen LogP contribution in [0, 0.1) is 5.82 Å². The average Bonchev–Trinajstić information content (AvgIpc) is 2.58. The lowest BCUT2D eigenvalue weighted by atomic mass is 10.2. The van der Waals surface area contributed by atoms with Gasteiger partial charge in [-0.1, -0.05) is 24.3 Å². The minimum atomic E-state index is -0.329. The van der Waals surface area contributed by atoms with Crippen LogP contribution in [-0.2, 0) is 13.2 Å². The molecular formula is C19H17FN2O2. The lowest BCUT2D eigenvalue weighted by Crippen LogP contribution is -2.21. The summed E-state index contributed by atoms with van der Waals surface area (Å²) < 4.78 is 20.3. The zero-order chi connectivity index (χ0) is 16.9. The Kier molecular flexibility index (Phi) is 4.61. The molecule has 2 N–H and O–H groups in total. The van der Waals surface area contributed by atoms with E-state index < -0.39 is 0 Å². The van der Waals surface area contributed by atoms with Crippen molar-refractivity contribution in [2.24, 2.45) is 0 Å². The summed E-state index contributed by atoms with van der Waals surface area (Å²) in [6.07, 6.45) is 1.70. The van der Waals surface area contributed by atoms with Crippen LogP contribution in [0.2, 0.25) is 0 Å². The van der Waals surface area contributed by atoms with Crippen molar-refractivity contribution < 1.29 is 9.13 Å². The van der Waals surface area contributed by atoms with Crippen LogP contribution in [0.4, 0.5) is 10.1 Å². The molecule has 24 heavy (non-hydrogen) atoms. The lowest BCUT2D eigenvalue weighted by molar-refractivity contribution is 0.298. The highest BCUT2D eigenvalue weighted by Crippen LogP contribution is 2.10. The van der Waals surface area contributed by atoms with E-state index in [-0.39, 0.29) is 23.7 Å². The van der Waals surface area contributed by atoms with E-state index in [0.717, 1.165) is 5.56 Å². The highest BCUT2D eigenvalue weighted by Gasteiger charge is 2.06. The van der Waals surface area contributed by atoms with Gasteiger partial charge in [-0.15, -0.1) is 0 Å². The van der Waals surface area contributed by atoms with Gasteiger partial charge in [0.05, 0.1) is 6.54 Å². The summed E-state index contributed by atoms with van der Waals surface area (Å²) in [5.74, 6) is -0.0953. The van der Waals surface area contributed by atoms with E-state index in [2.05, 4.69) is 0 Å². The van der Waals surface area contributed by atoms with Crippen LogP contribution < -0.4 is 16.0 Å². The van der Waals surface area contributed by atoms with Gasteiger partial charge in [-0.2, -0.15) is 0 Å². The van der Waals surface area contributed by atoms with E-state index in [9.17, 15) is 9.18 Å². The molecule has 0 saturated heterocycles. The van der Waals surface area contributed by atoms with Gasteiger partial charge >= 0.3 is 0 Å². The number of ether oxygens (including phenoxy) is 1. The van der Waals surface area contributed by atoms with Crippen molar-refractivity contribution in [2.75, 3.05) is 5.73 Å². The van der Waals surface area contributed by atoms with E-state index in [1.54, 1.807) is 47.2 Å². The number of aromatic nitrogens is 1. The maximum absolute atomic E-state index is 13.2. The fourth-order valence-corrected chi connectivity index (χ4v) is 2.36. The fourth-order valence-electron chi connectivity index (χ4n) is 2.36. The maximum atomic E-state index is 13.2. The summed E-state index contributed by atoms with van der Waals surface area (Å²) in [6, 6.07) is 16.8. The number of anilines is 1. The fraction of sp³-hybridized carbons (Fsp3) is 0.105. The number of nitrogen functional groups attached to an aromatic ring is 1. The van der Waals surface area contributed by atoms with Gasteiger partial charge in [0.25, 0.3) is 5.56 Å². The van der Waals surface area contributed by atoms with E-state index in [4.69, 9.17) is 10.5 Å². The summed E-state index contributed by atoms with van der Waals surface area (Å²) in [5, 5.41) is 0. The molecule has 3 aromatic rings. The number of benzene rings is 2. The van der Waals surface area contributed by atoms with Crippen molar-refractivity contribution in [2.45, 2.75) is 13.2 Å². The Morgan fingerprint density at radius 2 is 1.79 bits per heavy atom. The van der Waals surface area contributed by atoms with Gasteiger partial charge in [-0.3, -0.25) is 4.79 Å². The number of rotatable bonds is 5. The summed E-state index contributed by atoms with van der Waals surface area (Å²) in [4.78, 5) is 12.5. The van der Waals surface area contributed by atoms with Crippen molar-refractivity contribution in [1.82, 2.24) is 4.57 Å². The predicted octanol–water partition coefficient (Wildman–Crippen LogP) is 3.20. The average molecular weight is 324 g/mol. The molecular weight excluding hydrogens is 307 g/mol. The van der Waals surface area contributed by atoms with Gasteiger partial charge in [-0.25, -0.2) is 4.39 Å². The minimum absolute atomic E-state index is 0.138. The molecule has 0 unspecified atom stereocenters. The lowest BCUT2D eigenvalue weighted by Gasteiger charge is -2.10. The number of hydrogen-bond acceptors (Lipinski definition) is 3. The smallest absolute Gasteiger partial charge is 0.293 e. The number of nitrogens with two attached hydrogens (primary N) is 1. The Morgan fingerprint density at radius 1 is 1.00 bits per heavy atom. The Balaban J connectivity index is 1.75. The Labute approximate surface area is 138 Å². The highest BCUT2D eigenvalue weighted by atomic mass is 19.1. The van der Waals surface area contributed by atoms with E-state index in [1.165, 1.54) is 12.1 Å². The largest absolute Gasteiger partial charge is 0.483 e. The van der Waals surface area contributed by atoms with E-state index in [0.29, 0.717) is 17.8 Å². The van der Waals surface area contributed by atoms with Gasteiger partial charge in [0.15, 0.2) is 5.75 Å². The van der Waals surface area contributed by atoms with Crippen LogP contribution in [-0.4, -0.2) is 4.57 Å². The number of nitrogens with zero attached hydrogens (tertiary/aromatic N) is 1. The molecule has 0 spiro atoms. The minimum Gasteiger partial charge on any atom is -0.483 e. The second kappa shape index (κ2) is 7.00. The quantitative estimate of drug-likeness (QED) is 0.733. The first-order valence-corrected chi connectivity index (χ1v) is 7.53. The first-order valence-electron chi connectivity index (χ1n) is 7.53. The van der Waals surface area contributed by atoms with E-state index >= 15 is 0 Å². The van der Waals surface area contributed by atoms with Gasteiger partial charge in [0.2, 0.25) is 0 Å². The summed E-state index contributed by atoms with van der Waals surface area (Å²) >= 11 is 0. The monoisotopic (exact) mass is 324 g/mol. The molecule has 0 amide bonds. The molecule has 0 atom stereocenters. The zero-order valence-corrected chi connectivity index (χ0v) is 13.0. The van der Waals surface area contributed by atoms with Crippen molar-refractivity contribution in [1.29, 1.82) is 0 Å². The molecule has 0 aliphatic rings. The van der Waals surface area contributed by atoms with Gasteiger partial charge in [-0.05, 0) is 47.5 Å². The molecule has 1 heterocycles. The predicted molar refractivity (Wildman–Crippen MR) is 91.4 cm³/mol.